The molecule has 1 fully saturated rings. The van der Waals surface area contributed by atoms with Crippen molar-refractivity contribution in [2.75, 3.05) is 19.7 Å². The average Bonchev–Trinajstić information content (AvgIpc) is 2.87. The van der Waals surface area contributed by atoms with Crippen LogP contribution in [-0.2, 0) is 14.8 Å². The third-order valence-electron chi connectivity index (χ3n) is 3.16. The van der Waals surface area contributed by atoms with E-state index in [2.05, 4.69) is 4.72 Å². The van der Waals surface area contributed by atoms with E-state index in [1.165, 1.54) is 6.07 Å². The minimum absolute atomic E-state index is 0.179. The Balaban J connectivity index is 1.90. The van der Waals surface area contributed by atoms with Crippen LogP contribution in [0.4, 0.5) is 4.79 Å². The number of ether oxygens (including phenoxy) is 1. The van der Waals surface area contributed by atoms with Gasteiger partial charge in [0, 0.05) is 19.1 Å². The van der Waals surface area contributed by atoms with Gasteiger partial charge < -0.3 is 9.64 Å². The van der Waals surface area contributed by atoms with Crippen molar-refractivity contribution in [2.45, 2.75) is 30.0 Å². The normalized spacial score (nSPS) is 17.0. The Kier molecular flexibility index (Phi) is 5.48. The summed E-state index contributed by atoms with van der Waals surface area (Å²) in [7, 11) is -3.54. The third-order valence-corrected chi connectivity index (χ3v) is 6.40. The maximum Gasteiger partial charge on any atom is 0.409 e. The van der Waals surface area contributed by atoms with Gasteiger partial charge in [0.05, 0.1) is 10.9 Å². The van der Waals surface area contributed by atoms with Crippen LogP contribution >= 0.6 is 22.9 Å². The van der Waals surface area contributed by atoms with E-state index in [0.29, 0.717) is 36.9 Å². The number of halogens is 1. The van der Waals surface area contributed by atoms with Crippen molar-refractivity contribution in [1.82, 2.24) is 9.62 Å². The molecule has 0 radical (unpaired) electrons. The Morgan fingerprint density at radius 3 is 2.67 bits per heavy atom. The second kappa shape index (κ2) is 6.95. The van der Waals surface area contributed by atoms with Gasteiger partial charge in [-0.1, -0.05) is 11.6 Å². The molecule has 1 aromatic rings. The first-order valence-corrected chi connectivity index (χ1v) is 9.29. The number of hydrogen-bond donors (Lipinski definition) is 1. The zero-order chi connectivity index (χ0) is 15.5. The van der Waals surface area contributed by atoms with E-state index in [-0.39, 0.29) is 16.3 Å². The van der Waals surface area contributed by atoms with Gasteiger partial charge in [-0.05, 0) is 31.9 Å². The van der Waals surface area contributed by atoms with Crippen molar-refractivity contribution < 1.29 is 17.9 Å². The molecule has 21 heavy (non-hydrogen) atoms. The van der Waals surface area contributed by atoms with Crippen LogP contribution in [0.5, 0.6) is 0 Å². The molecule has 9 heteroatoms. The molecule has 1 aliphatic rings. The van der Waals surface area contributed by atoms with Gasteiger partial charge >= 0.3 is 6.09 Å². The molecule has 0 bridgehead atoms. The summed E-state index contributed by atoms with van der Waals surface area (Å²) in [5, 5.41) is 0. The number of likely N-dealkylation sites (tertiary alicyclic amines) is 1. The largest absolute Gasteiger partial charge is 0.450 e. The topological polar surface area (TPSA) is 75.7 Å². The molecule has 2 rings (SSSR count). The molecule has 118 valence electrons. The third kappa shape index (κ3) is 4.32. The summed E-state index contributed by atoms with van der Waals surface area (Å²) < 4.78 is 32.6. The smallest absolute Gasteiger partial charge is 0.409 e. The van der Waals surface area contributed by atoms with E-state index in [4.69, 9.17) is 16.3 Å². The molecular weight excluding hydrogens is 336 g/mol. The average molecular weight is 353 g/mol. The van der Waals surface area contributed by atoms with Crippen molar-refractivity contribution in [3.05, 3.63) is 16.5 Å². The minimum atomic E-state index is -3.54. The second-order valence-electron chi connectivity index (χ2n) is 4.64. The van der Waals surface area contributed by atoms with Gasteiger partial charge in [-0.25, -0.2) is 17.9 Å². The van der Waals surface area contributed by atoms with Crippen LogP contribution in [0.25, 0.3) is 0 Å². The molecule has 0 atom stereocenters. The van der Waals surface area contributed by atoms with Gasteiger partial charge in [-0.2, -0.15) is 0 Å². The summed E-state index contributed by atoms with van der Waals surface area (Å²) in [6.07, 6.45) is 0.790. The molecule has 1 amide bonds. The van der Waals surface area contributed by atoms with Crippen LogP contribution in [0.2, 0.25) is 4.34 Å². The number of nitrogens with zero attached hydrogens (tertiary/aromatic N) is 1. The monoisotopic (exact) mass is 352 g/mol. The SMILES string of the molecule is CCOC(=O)N1CCC(NS(=O)(=O)c2ccc(Cl)s2)CC1. The number of sulfonamides is 1. The Hall–Kier alpha value is -0.830. The molecule has 1 N–H and O–H groups in total. The van der Waals surface area contributed by atoms with E-state index in [9.17, 15) is 13.2 Å². The minimum Gasteiger partial charge on any atom is -0.450 e. The van der Waals surface area contributed by atoms with Gasteiger partial charge in [-0.3, -0.25) is 0 Å². The summed E-state index contributed by atoms with van der Waals surface area (Å²) in [6, 6.07) is 2.87. The molecule has 6 nitrogen and oxygen atoms in total. The van der Waals surface area contributed by atoms with Gasteiger partial charge in [0.1, 0.15) is 4.21 Å². The van der Waals surface area contributed by atoms with Crippen LogP contribution in [0.3, 0.4) is 0 Å². The number of amides is 1. The first kappa shape index (κ1) is 16.5. The standard InChI is InChI=1S/C12H17ClN2O4S2/c1-2-19-12(16)15-7-5-9(6-8-15)14-21(17,18)11-4-3-10(13)20-11/h3-4,9,14H,2,5-8H2,1H3. The lowest BCUT2D eigenvalue weighted by molar-refractivity contribution is 0.0966. The Labute approximate surface area is 133 Å². The first-order chi connectivity index (χ1) is 9.92. The summed E-state index contributed by atoms with van der Waals surface area (Å²) in [6.45, 7) is 3.06. The number of carbonyl (C=O) groups is 1. The van der Waals surface area contributed by atoms with E-state index in [1.54, 1.807) is 17.9 Å². The van der Waals surface area contributed by atoms with Gasteiger partial charge in [-0.15, -0.1) is 11.3 Å². The van der Waals surface area contributed by atoms with Crippen molar-refractivity contribution in [3.63, 3.8) is 0 Å². The molecule has 0 unspecified atom stereocenters. The number of carbonyl (C=O) groups excluding carboxylic acids is 1. The molecule has 2 heterocycles. The summed E-state index contributed by atoms with van der Waals surface area (Å²) in [5.41, 5.74) is 0. The van der Waals surface area contributed by atoms with E-state index >= 15 is 0 Å². The van der Waals surface area contributed by atoms with Crippen molar-refractivity contribution in [1.29, 1.82) is 0 Å². The summed E-state index contributed by atoms with van der Waals surface area (Å²) in [4.78, 5) is 13.2. The van der Waals surface area contributed by atoms with Crippen LogP contribution in [0.1, 0.15) is 19.8 Å². The predicted octanol–water partition coefficient (Wildman–Crippen LogP) is 2.30. The molecule has 1 aliphatic heterocycles. The highest BCUT2D eigenvalue weighted by atomic mass is 35.5. The lowest BCUT2D eigenvalue weighted by Gasteiger charge is -2.31. The highest BCUT2D eigenvalue weighted by Gasteiger charge is 2.27. The number of piperidine rings is 1. The van der Waals surface area contributed by atoms with Gasteiger partial charge in [0.15, 0.2) is 0 Å². The lowest BCUT2D eigenvalue weighted by Crippen LogP contribution is -2.46. The number of nitrogens with one attached hydrogen (secondary N) is 1. The zero-order valence-corrected chi connectivity index (χ0v) is 13.9. The van der Waals surface area contributed by atoms with Crippen LogP contribution in [-0.4, -0.2) is 45.1 Å². The number of rotatable bonds is 4. The Morgan fingerprint density at radius 2 is 2.14 bits per heavy atom. The fourth-order valence-corrected chi connectivity index (χ4v) is 4.92. The molecule has 1 saturated heterocycles. The second-order valence-corrected chi connectivity index (χ2v) is 8.30. The molecule has 0 aliphatic carbocycles. The van der Waals surface area contributed by atoms with Gasteiger partial charge in [0.25, 0.3) is 0 Å². The van der Waals surface area contributed by atoms with E-state index in [0.717, 1.165) is 11.3 Å². The quantitative estimate of drug-likeness (QED) is 0.902. The van der Waals surface area contributed by atoms with Crippen molar-refractivity contribution >= 4 is 39.1 Å². The zero-order valence-electron chi connectivity index (χ0n) is 11.5. The first-order valence-electron chi connectivity index (χ1n) is 6.61. The predicted molar refractivity (Wildman–Crippen MR) is 81.3 cm³/mol. The van der Waals surface area contributed by atoms with Crippen LogP contribution in [0.15, 0.2) is 16.3 Å². The maximum absolute atomic E-state index is 12.2. The highest BCUT2D eigenvalue weighted by molar-refractivity contribution is 7.91. The number of hydrogen-bond acceptors (Lipinski definition) is 5. The molecule has 1 aromatic heterocycles. The fraction of sp³-hybridized carbons (Fsp3) is 0.583. The van der Waals surface area contributed by atoms with E-state index < -0.39 is 10.0 Å². The highest BCUT2D eigenvalue weighted by Crippen LogP contribution is 2.26. The number of thiophene rings is 1. The van der Waals surface area contributed by atoms with E-state index in [1.807, 2.05) is 0 Å². The molecular formula is C12H17ClN2O4S2. The maximum atomic E-state index is 12.2. The summed E-state index contributed by atoms with van der Waals surface area (Å²) in [5.74, 6) is 0. The summed E-state index contributed by atoms with van der Waals surface area (Å²) >= 11 is 6.79. The van der Waals surface area contributed by atoms with Crippen molar-refractivity contribution in [3.8, 4) is 0 Å². The Bertz CT molecular complexity index is 594. The Morgan fingerprint density at radius 1 is 1.48 bits per heavy atom. The van der Waals surface area contributed by atoms with Crippen LogP contribution in [0, 0.1) is 0 Å². The van der Waals surface area contributed by atoms with Crippen LogP contribution < -0.4 is 4.72 Å². The fourth-order valence-electron chi connectivity index (χ4n) is 2.11. The van der Waals surface area contributed by atoms with Crippen molar-refractivity contribution in [2.24, 2.45) is 0 Å². The molecule has 0 spiro atoms. The molecule has 0 saturated carbocycles. The van der Waals surface area contributed by atoms with Gasteiger partial charge in [0.2, 0.25) is 10.0 Å². The lowest BCUT2D eigenvalue weighted by atomic mass is 10.1. The molecule has 0 aromatic carbocycles.